The number of hydrogen-bond acceptors (Lipinski definition) is 9. The molecule has 0 bridgehead atoms. The lowest BCUT2D eigenvalue weighted by atomic mass is 9.84. The van der Waals surface area contributed by atoms with E-state index in [1.807, 2.05) is 49.9 Å². The Labute approximate surface area is 273 Å². The number of benzene rings is 1. The van der Waals surface area contributed by atoms with E-state index in [-0.39, 0.29) is 18.2 Å². The molecule has 0 radical (unpaired) electrons. The molecule has 12 heteroatoms. The van der Waals surface area contributed by atoms with E-state index in [1.165, 1.54) is 10.9 Å². The predicted molar refractivity (Wildman–Crippen MR) is 180 cm³/mol. The summed E-state index contributed by atoms with van der Waals surface area (Å²) in [6.07, 6.45) is 5.34. The fourth-order valence-electron chi connectivity index (χ4n) is 7.18. The van der Waals surface area contributed by atoms with E-state index in [0.29, 0.717) is 46.8 Å². The highest BCUT2D eigenvalue weighted by Crippen LogP contribution is 2.36. The molecule has 2 aliphatic heterocycles. The summed E-state index contributed by atoms with van der Waals surface area (Å²) in [7, 11) is 0. The summed E-state index contributed by atoms with van der Waals surface area (Å²) in [4.78, 5) is 44.3. The van der Waals surface area contributed by atoms with E-state index in [9.17, 15) is 14.7 Å². The van der Waals surface area contributed by atoms with Gasteiger partial charge in [0, 0.05) is 55.6 Å². The lowest BCUT2D eigenvalue weighted by molar-refractivity contribution is 0.0282. The summed E-state index contributed by atoms with van der Waals surface area (Å²) in [6.45, 7) is 14.8. The van der Waals surface area contributed by atoms with Crippen LogP contribution in [0.3, 0.4) is 0 Å². The van der Waals surface area contributed by atoms with Crippen molar-refractivity contribution in [1.82, 2.24) is 29.2 Å². The third kappa shape index (κ3) is 5.86. The standard InChI is InChI=1S/C35H42N8O4/c1-6-16-42-31(44)27-17-36-32(39-30(27)43(42)28-14-9-22-8-7-15-35(5,46)29(22)38-28)37-25-10-12-26(13-11-25)40-18-23-20-41(21-24(23)19-40)33(45)47-34(2,3)4/h6,9-14,17,23-24,46H,1,7-8,15-16,18-21H2,2-5H3,(H,36,37,39)/t23-,24+,35?. The SMILES string of the molecule is C=CCn1c(=O)c2cnc(Nc3ccc(N4C[C@H]5CN(C(=O)OC(C)(C)C)C[C@H]5C4)cc3)nc2n1-c1ccc2c(n1)C(C)(O)CCC2. The maximum atomic E-state index is 13.4. The van der Waals surface area contributed by atoms with Gasteiger partial charge in [-0.25, -0.2) is 24.1 Å². The molecule has 1 unspecified atom stereocenters. The summed E-state index contributed by atoms with van der Waals surface area (Å²) in [5.74, 6) is 1.68. The van der Waals surface area contributed by atoms with E-state index < -0.39 is 11.2 Å². The highest BCUT2D eigenvalue weighted by atomic mass is 16.6. The van der Waals surface area contributed by atoms with Crippen LogP contribution >= 0.6 is 0 Å². The summed E-state index contributed by atoms with van der Waals surface area (Å²) < 4.78 is 8.81. The molecule has 3 atom stereocenters. The van der Waals surface area contributed by atoms with Gasteiger partial charge in [-0.3, -0.25) is 4.79 Å². The number of aryl methyl sites for hydroxylation is 1. The maximum absolute atomic E-state index is 13.4. The highest BCUT2D eigenvalue weighted by molar-refractivity contribution is 5.77. The Morgan fingerprint density at radius 2 is 1.83 bits per heavy atom. The zero-order valence-corrected chi connectivity index (χ0v) is 27.4. The Hall–Kier alpha value is -4.71. The summed E-state index contributed by atoms with van der Waals surface area (Å²) in [6, 6.07) is 12.0. The molecule has 2 saturated heterocycles. The van der Waals surface area contributed by atoms with Crippen LogP contribution in [-0.4, -0.2) is 72.2 Å². The largest absolute Gasteiger partial charge is 0.444 e. The molecule has 47 heavy (non-hydrogen) atoms. The molecule has 5 heterocycles. The van der Waals surface area contributed by atoms with Crippen molar-refractivity contribution in [2.24, 2.45) is 11.8 Å². The molecular formula is C35H42N8O4. The van der Waals surface area contributed by atoms with Gasteiger partial charge in [0.05, 0.1) is 12.2 Å². The Morgan fingerprint density at radius 1 is 1.11 bits per heavy atom. The fraction of sp³-hybridized carbons (Fsp3) is 0.457. The number of amides is 1. The number of fused-ring (bicyclic) bond motifs is 3. The first kappa shape index (κ1) is 30.9. The Morgan fingerprint density at radius 3 is 2.51 bits per heavy atom. The predicted octanol–water partition coefficient (Wildman–Crippen LogP) is 4.75. The molecule has 0 saturated carbocycles. The first-order valence-corrected chi connectivity index (χ1v) is 16.3. The van der Waals surface area contributed by atoms with Crippen LogP contribution in [0.25, 0.3) is 16.9 Å². The van der Waals surface area contributed by atoms with Gasteiger partial charge in [-0.15, -0.1) is 6.58 Å². The fourth-order valence-corrected chi connectivity index (χ4v) is 7.18. The second-order valence-corrected chi connectivity index (χ2v) is 14.2. The number of aromatic nitrogens is 5. The van der Waals surface area contributed by atoms with Gasteiger partial charge in [0.2, 0.25) is 5.95 Å². The van der Waals surface area contributed by atoms with E-state index in [2.05, 4.69) is 33.9 Å². The molecule has 3 aromatic heterocycles. The monoisotopic (exact) mass is 638 g/mol. The summed E-state index contributed by atoms with van der Waals surface area (Å²) in [5, 5.41) is 14.7. The number of anilines is 3. The van der Waals surface area contributed by atoms with Crippen molar-refractivity contribution in [2.75, 3.05) is 36.4 Å². The smallest absolute Gasteiger partial charge is 0.410 e. The second kappa shape index (κ2) is 11.5. The van der Waals surface area contributed by atoms with Crippen molar-refractivity contribution >= 4 is 34.4 Å². The number of pyridine rings is 1. The molecule has 12 nitrogen and oxygen atoms in total. The van der Waals surface area contributed by atoms with Crippen LogP contribution < -0.4 is 15.8 Å². The Kier molecular flexibility index (Phi) is 7.58. The number of likely N-dealkylation sites (tertiary alicyclic amines) is 1. The zero-order valence-electron chi connectivity index (χ0n) is 27.4. The minimum absolute atomic E-state index is 0.226. The number of nitrogens with zero attached hydrogens (tertiary/aromatic N) is 7. The summed E-state index contributed by atoms with van der Waals surface area (Å²) >= 11 is 0. The second-order valence-electron chi connectivity index (χ2n) is 14.2. The number of hydrogen-bond donors (Lipinski definition) is 2. The van der Waals surface area contributed by atoms with E-state index in [1.54, 1.807) is 17.7 Å². The van der Waals surface area contributed by atoms with Gasteiger partial charge < -0.3 is 25.0 Å². The van der Waals surface area contributed by atoms with Crippen LogP contribution in [0, 0.1) is 11.8 Å². The number of allylic oxidation sites excluding steroid dienone is 1. The summed E-state index contributed by atoms with van der Waals surface area (Å²) in [5.41, 5.74) is 2.21. The quantitative estimate of drug-likeness (QED) is 0.287. The molecule has 2 N–H and O–H groups in total. The molecular weight excluding hydrogens is 596 g/mol. The number of aliphatic hydroxyl groups is 1. The number of carbonyl (C=O) groups is 1. The molecule has 3 aliphatic rings. The van der Waals surface area contributed by atoms with Gasteiger partial charge in [0.1, 0.15) is 16.6 Å². The lowest BCUT2D eigenvalue weighted by Crippen LogP contribution is -2.37. The number of nitrogens with one attached hydrogen (secondary N) is 1. The maximum Gasteiger partial charge on any atom is 0.410 e. The van der Waals surface area contributed by atoms with Gasteiger partial charge in [0.15, 0.2) is 11.5 Å². The van der Waals surface area contributed by atoms with Crippen molar-refractivity contribution in [3.63, 3.8) is 0 Å². The lowest BCUT2D eigenvalue weighted by Gasteiger charge is -2.30. The molecule has 4 aromatic rings. The average Bonchev–Trinajstić information content (AvgIpc) is 3.68. The molecule has 1 aliphatic carbocycles. The molecule has 246 valence electrons. The third-order valence-corrected chi connectivity index (χ3v) is 9.41. The Bertz CT molecular complexity index is 1890. The molecule has 1 amide bonds. The van der Waals surface area contributed by atoms with Crippen molar-refractivity contribution in [2.45, 2.75) is 64.7 Å². The normalized spacial score (nSPS) is 22.3. The molecule has 0 spiro atoms. The van der Waals surface area contributed by atoms with Gasteiger partial charge >= 0.3 is 6.09 Å². The number of carbonyl (C=O) groups excluding carboxylic acids is 1. The van der Waals surface area contributed by atoms with Crippen molar-refractivity contribution in [3.8, 4) is 5.82 Å². The van der Waals surface area contributed by atoms with Gasteiger partial charge in [-0.2, -0.15) is 4.98 Å². The average molecular weight is 639 g/mol. The van der Waals surface area contributed by atoms with E-state index in [0.717, 1.165) is 56.0 Å². The van der Waals surface area contributed by atoms with Gasteiger partial charge in [0.25, 0.3) is 5.56 Å². The molecule has 7 rings (SSSR count). The van der Waals surface area contributed by atoms with Crippen LogP contribution in [0.2, 0.25) is 0 Å². The van der Waals surface area contributed by atoms with Crippen molar-refractivity contribution < 1.29 is 14.6 Å². The van der Waals surface area contributed by atoms with Gasteiger partial charge in [-0.1, -0.05) is 12.1 Å². The minimum Gasteiger partial charge on any atom is -0.444 e. The van der Waals surface area contributed by atoms with Crippen molar-refractivity contribution in [1.29, 1.82) is 0 Å². The minimum atomic E-state index is -1.04. The topological polar surface area (TPSA) is 131 Å². The van der Waals surface area contributed by atoms with Crippen LogP contribution in [-0.2, 0) is 23.3 Å². The number of rotatable bonds is 6. The van der Waals surface area contributed by atoms with Crippen molar-refractivity contribution in [3.05, 3.63) is 76.9 Å². The number of ether oxygens (including phenoxy) is 1. The first-order valence-electron chi connectivity index (χ1n) is 16.3. The Balaban J connectivity index is 1.10. The third-order valence-electron chi connectivity index (χ3n) is 9.41. The zero-order chi connectivity index (χ0) is 33.1. The highest BCUT2D eigenvalue weighted by Gasteiger charge is 2.42. The van der Waals surface area contributed by atoms with E-state index in [4.69, 9.17) is 14.7 Å². The van der Waals surface area contributed by atoms with Gasteiger partial charge in [-0.05, 0) is 82.9 Å². The van der Waals surface area contributed by atoms with Crippen LogP contribution in [0.15, 0.2) is 60.0 Å². The van der Waals surface area contributed by atoms with Crippen LogP contribution in [0.4, 0.5) is 22.1 Å². The van der Waals surface area contributed by atoms with E-state index >= 15 is 0 Å². The first-order chi connectivity index (χ1) is 22.4. The molecule has 2 fully saturated rings. The van der Waals surface area contributed by atoms with Crippen LogP contribution in [0.5, 0.6) is 0 Å². The van der Waals surface area contributed by atoms with Crippen LogP contribution in [0.1, 0.15) is 51.8 Å². The molecule has 1 aromatic carbocycles.